The number of hydrogen-bond acceptors (Lipinski definition) is 6. The molecular weight excluding hydrogens is 541 g/mol. The number of likely N-dealkylation sites (tertiary alicyclic amines) is 1. The summed E-state index contributed by atoms with van der Waals surface area (Å²) in [6.45, 7) is 7.72. The van der Waals surface area contributed by atoms with Gasteiger partial charge >= 0.3 is 12.3 Å². The van der Waals surface area contributed by atoms with Crippen LogP contribution in [0, 0.1) is 5.41 Å². The molecule has 2 aliphatic rings. The minimum atomic E-state index is -4.48. The van der Waals surface area contributed by atoms with Gasteiger partial charge in [-0.1, -0.05) is 6.92 Å². The molecule has 0 bridgehead atoms. The van der Waals surface area contributed by atoms with Crippen LogP contribution in [-0.2, 0) is 11.2 Å². The van der Waals surface area contributed by atoms with E-state index < -0.39 is 24.2 Å². The molecule has 0 radical (unpaired) electrons. The SMILES string of the molecule is COc1cc(-c2cnc3cc(OCC4(C)CN(C(=O)OC(C)(C)C)C4)ccn23)cc2c1C(=O)N(CC(F)(F)F)CC2. The first-order chi connectivity index (χ1) is 19.1. The van der Waals surface area contributed by atoms with E-state index in [1.54, 1.807) is 17.2 Å². The van der Waals surface area contributed by atoms with Crippen LogP contribution in [0.15, 0.2) is 36.7 Å². The van der Waals surface area contributed by atoms with Crippen molar-refractivity contribution in [2.75, 3.05) is 39.9 Å². The molecule has 1 aromatic carbocycles. The lowest BCUT2D eigenvalue weighted by atomic mass is 9.83. The van der Waals surface area contributed by atoms with E-state index in [4.69, 9.17) is 14.2 Å². The van der Waals surface area contributed by atoms with Crippen LogP contribution in [0.4, 0.5) is 18.0 Å². The second kappa shape index (κ2) is 10.1. The van der Waals surface area contributed by atoms with Crippen molar-refractivity contribution in [3.05, 3.63) is 47.8 Å². The van der Waals surface area contributed by atoms with Crippen LogP contribution in [0.3, 0.4) is 0 Å². The molecule has 5 rings (SSSR count). The van der Waals surface area contributed by atoms with Crippen molar-refractivity contribution in [1.29, 1.82) is 0 Å². The number of benzene rings is 1. The average Bonchev–Trinajstić information content (AvgIpc) is 3.28. The number of fused-ring (bicyclic) bond motifs is 2. The molecule has 2 amide bonds. The Morgan fingerprint density at radius 3 is 2.54 bits per heavy atom. The van der Waals surface area contributed by atoms with Gasteiger partial charge in [-0.2, -0.15) is 13.2 Å². The summed E-state index contributed by atoms with van der Waals surface area (Å²) in [5.74, 6) is 0.157. The monoisotopic (exact) mass is 574 g/mol. The van der Waals surface area contributed by atoms with Gasteiger partial charge < -0.3 is 24.0 Å². The molecule has 41 heavy (non-hydrogen) atoms. The fourth-order valence-corrected chi connectivity index (χ4v) is 5.25. The highest BCUT2D eigenvalue weighted by molar-refractivity contribution is 6.00. The topological polar surface area (TPSA) is 85.6 Å². The predicted octanol–water partition coefficient (Wildman–Crippen LogP) is 5.21. The number of pyridine rings is 1. The number of halogens is 3. The summed E-state index contributed by atoms with van der Waals surface area (Å²) in [4.78, 5) is 32.1. The number of amides is 2. The molecule has 1 saturated heterocycles. The summed E-state index contributed by atoms with van der Waals surface area (Å²) in [7, 11) is 1.39. The van der Waals surface area contributed by atoms with Crippen LogP contribution in [0.2, 0.25) is 0 Å². The van der Waals surface area contributed by atoms with Crippen molar-refractivity contribution >= 4 is 17.6 Å². The maximum Gasteiger partial charge on any atom is 0.410 e. The first kappa shape index (κ1) is 28.6. The first-order valence-electron chi connectivity index (χ1n) is 13.3. The highest BCUT2D eigenvalue weighted by Crippen LogP contribution is 2.36. The summed E-state index contributed by atoms with van der Waals surface area (Å²) in [5, 5.41) is 0. The quantitative estimate of drug-likeness (QED) is 0.402. The number of alkyl halides is 3. The van der Waals surface area contributed by atoms with Gasteiger partial charge in [0.25, 0.3) is 5.91 Å². The van der Waals surface area contributed by atoms with E-state index in [1.165, 1.54) is 7.11 Å². The second-order valence-corrected chi connectivity index (χ2v) is 12.0. The molecule has 2 aliphatic heterocycles. The average molecular weight is 575 g/mol. The highest BCUT2D eigenvalue weighted by Gasteiger charge is 2.43. The van der Waals surface area contributed by atoms with Crippen LogP contribution in [-0.4, -0.2) is 82.9 Å². The van der Waals surface area contributed by atoms with E-state index in [2.05, 4.69) is 11.9 Å². The Morgan fingerprint density at radius 1 is 1.15 bits per heavy atom. The lowest BCUT2D eigenvalue weighted by Crippen LogP contribution is -2.60. The molecule has 220 valence electrons. The zero-order chi connectivity index (χ0) is 29.7. The number of imidazole rings is 1. The number of methoxy groups -OCH3 is 1. The normalized spacial score (nSPS) is 16.8. The third-order valence-electron chi connectivity index (χ3n) is 7.09. The highest BCUT2D eigenvalue weighted by atomic mass is 19.4. The molecule has 0 spiro atoms. The molecule has 0 saturated carbocycles. The maximum absolute atomic E-state index is 13.0. The molecule has 2 aromatic heterocycles. The fraction of sp³-hybridized carbons (Fsp3) is 0.483. The summed E-state index contributed by atoms with van der Waals surface area (Å²) in [6, 6.07) is 7.09. The van der Waals surface area contributed by atoms with Crippen molar-refractivity contribution < 1.29 is 37.0 Å². The minimum Gasteiger partial charge on any atom is -0.496 e. The van der Waals surface area contributed by atoms with E-state index >= 15 is 0 Å². The van der Waals surface area contributed by atoms with E-state index in [0.29, 0.717) is 36.7 Å². The molecule has 12 heteroatoms. The van der Waals surface area contributed by atoms with E-state index in [9.17, 15) is 22.8 Å². The van der Waals surface area contributed by atoms with E-state index in [1.807, 2.05) is 49.6 Å². The van der Waals surface area contributed by atoms with Gasteiger partial charge in [-0.15, -0.1) is 0 Å². The molecule has 0 unspecified atom stereocenters. The number of carbonyl (C=O) groups is 2. The summed E-state index contributed by atoms with van der Waals surface area (Å²) in [5.41, 5.74) is 2.14. The van der Waals surface area contributed by atoms with Gasteiger partial charge in [-0.05, 0) is 51.0 Å². The Hall–Kier alpha value is -3.96. The zero-order valence-electron chi connectivity index (χ0n) is 23.7. The molecule has 1 fully saturated rings. The number of nitrogens with zero attached hydrogens (tertiary/aromatic N) is 4. The molecule has 0 atom stereocenters. The summed E-state index contributed by atoms with van der Waals surface area (Å²) >= 11 is 0. The van der Waals surface area contributed by atoms with Gasteiger partial charge in [0, 0.05) is 42.9 Å². The number of carbonyl (C=O) groups excluding carboxylic acids is 2. The Balaban J connectivity index is 1.30. The van der Waals surface area contributed by atoms with Gasteiger partial charge in [0.15, 0.2) is 0 Å². The second-order valence-electron chi connectivity index (χ2n) is 12.0. The van der Waals surface area contributed by atoms with Gasteiger partial charge in [-0.25, -0.2) is 9.78 Å². The maximum atomic E-state index is 13.0. The van der Waals surface area contributed by atoms with Crippen LogP contribution < -0.4 is 9.47 Å². The Labute approximate surface area is 235 Å². The van der Waals surface area contributed by atoms with Crippen molar-refractivity contribution in [3.63, 3.8) is 0 Å². The smallest absolute Gasteiger partial charge is 0.410 e. The Kier molecular flexibility index (Phi) is 7.07. The van der Waals surface area contributed by atoms with Crippen LogP contribution in [0.5, 0.6) is 11.5 Å². The third kappa shape index (κ3) is 6.06. The molecule has 3 aromatic rings. The standard InChI is InChI=1S/C29H33F3N4O5/c1-27(2,3)41-26(38)35-14-28(4,15-35)17-40-20-7-9-36-21(13-33-23(36)12-20)19-10-18-6-8-34(16-29(30,31)32)25(37)24(18)22(11-19)39-5/h7,9-13H,6,8,14-17H2,1-5H3. The fourth-order valence-electron chi connectivity index (χ4n) is 5.25. The Morgan fingerprint density at radius 2 is 1.88 bits per heavy atom. The van der Waals surface area contributed by atoms with Gasteiger partial charge in [0.1, 0.15) is 29.3 Å². The van der Waals surface area contributed by atoms with Crippen LogP contribution in [0.1, 0.15) is 43.6 Å². The van der Waals surface area contributed by atoms with E-state index in [0.717, 1.165) is 16.2 Å². The molecule has 9 nitrogen and oxygen atoms in total. The molecule has 4 heterocycles. The number of hydrogen-bond donors (Lipinski definition) is 0. The third-order valence-corrected chi connectivity index (χ3v) is 7.09. The zero-order valence-corrected chi connectivity index (χ0v) is 23.7. The van der Waals surface area contributed by atoms with Crippen molar-refractivity contribution in [2.45, 2.75) is 45.9 Å². The largest absolute Gasteiger partial charge is 0.496 e. The van der Waals surface area contributed by atoms with E-state index in [-0.39, 0.29) is 35.8 Å². The van der Waals surface area contributed by atoms with Gasteiger partial charge in [0.05, 0.1) is 31.2 Å². The lowest BCUT2D eigenvalue weighted by Gasteiger charge is -2.47. The summed E-state index contributed by atoms with van der Waals surface area (Å²) < 4.78 is 57.7. The number of aromatic nitrogens is 2. The van der Waals surface area contributed by atoms with Gasteiger partial charge in [-0.3, -0.25) is 9.20 Å². The lowest BCUT2D eigenvalue weighted by molar-refractivity contribution is -0.141. The minimum absolute atomic E-state index is 0.0275. The summed E-state index contributed by atoms with van der Waals surface area (Å²) in [6.07, 6.45) is -1.02. The predicted molar refractivity (Wildman–Crippen MR) is 144 cm³/mol. The van der Waals surface area contributed by atoms with Crippen molar-refractivity contribution in [1.82, 2.24) is 19.2 Å². The first-order valence-corrected chi connectivity index (χ1v) is 13.3. The van der Waals surface area contributed by atoms with Crippen molar-refractivity contribution in [3.8, 4) is 22.8 Å². The van der Waals surface area contributed by atoms with Crippen LogP contribution >= 0.6 is 0 Å². The van der Waals surface area contributed by atoms with Gasteiger partial charge in [0.2, 0.25) is 0 Å². The number of ether oxygens (including phenoxy) is 3. The molecule has 0 N–H and O–H groups in total. The number of rotatable bonds is 6. The molecular formula is C29H33F3N4O5. The Bertz CT molecular complexity index is 1470. The van der Waals surface area contributed by atoms with Crippen LogP contribution in [0.25, 0.3) is 16.9 Å². The van der Waals surface area contributed by atoms with Crippen molar-refractivity contribution in [2.24, 2.45) is 5.41 Å². The molecule has 0 aliphatic carbocycles.